The molecule has 2 fully saturated rings. The second kappa shape index (κ2) is 12.1. The summed E-state index contributed by atoms with van der Waals surface area (Å²) in [6, 6.07) is 10.4. The van der Waals surface area contributed by atoms with E-state index < -0.39 is 40.0 Å². The predicted octanol–water partition coefficient (Wildman–Crippen LogP) is 4.07. The second-order valence-electron chi connectivity index (χ2n) is 10.6. The molecule has 0 unspecified atom stereocenters. The molecule has 1 saturated heterocycles. The lowest BCUT2D eigenvalue weighted by Gasteiger charge is -2.30. The first-order chi connectivity index (χ1) is 18.5. The lowest BCUT2D eigenvalue weighted by molar-refractivity contribution is -0.128. The molecular formula is C28H34ClN3O6S. The van der Waals surface area contributed by atoms with Gasteiger partial charge in [0.1, 0.15) is 18.7 Å². The highest BCUT2D eigenvalue weighted by Gasteiger charge is 2.40. The Balaban J connectivity index is 1.50. The fraction of sp³-hybridized carbons (Fsp3) is 0.464. The normalized spacial score (nSPS) is 21.4. The van der Waals surface area contributed by atoms with E-state index in [-0.39, 0.29) is 39.0 Å². The van der Waals surface area contributed by atoms with Gasteiger partial charge in [-0.25, -0.2) is 8.42 Å². The second-order valence-corrected chi connectivity index (χ2v) is 12.7. The van der Waals surface area contributed by atoms with Gasteiger partial charge in [-0.3, -0.25) is 19.1 Å². The van der Waals surface area contributed by atoms with Crippen molar-refractivity contribution in [2.45, 2.75) is 75.5 Å². The number of amides is 2. The molecule has 2 aromatic carbocycles. The Morgan fingerprint density at radius 3 is 2.46 bits per heavy atom. The number of benzene rings is 2. The maximum atomic E-state index is 13.4. The molecule has 1 saturated carbocycles. The highest BCUT2D eigenvalue weighted by molar-refractivity contribution is 7.92. The summed E-state index contributed by atoms with van der Waals surface area (Å²) < 4.78 is 33.3. The van der Waals surface area contributed by atoms with Crippen molar-refractivity contribution in [2.24, 2.45) is 5.41 Å². The van der Waals surface area contributed by atoms with E-state index in [0.29, 0.717) is 12.8 Å². The molecule has 3 atom stereocenters. The van der Waals surface area contributed by atoms with Gasteiger partial charge in [-0.05, 0) is 61.4 Å². The number of nitrogens with one attached hydrogen (secondary N) is 3. The zero-order valence-corrected chi connectivity index (χ0v) is 23.6. The van der Waals surface area contributed by atoms with Crippen LogP contribution in [0.5, 0.6) is 0 Å². The van der Waals surface area contributed by atoms with E-state index in [4.69, 9.17) is 16.3 Å². The van der Waals surface area contributed by atoms with Crippen LogP contribution in [0.25, 0.3) is 0 Å². The molecule has 0 spiro atoms. The quantitative estimate of drug-likeness (QED) is 0.391. The van der Waals surface area contributed by atoms with Gasteiger partial charge < -0.3 is 15.4 Å². The zero-order valence-electron chi connectivity index (χ0n) is 22.0. The van der Waals surface area contributed by atoms with Crippen molar-refractivity contribution < 1.29 is 27.5 Å². The number of ketones is 1. The van der Waals surface area contributed by atoms with E-state index in [1.807, 2.05) is 6.92 Å². The standard InChI is InChI=1S/C28H34ClN3O6S/c1-3-24-25(23(33)17-38-24)31-27(35)22(16-28(2)13-7-8-14-28)30-26(34)18-11-12-21(20(29)15-18)32-39(36,37)19-9-5-4-6-10-19/h4-6,9-12,15,22,24-25,32H,3,7-8,13-14,16-17H2,1-2H3,(H,30,34)(H,31,35)/t22-,24-,25+/m0/s1. The molecule has 2 aromatic rings. The third-order valence-electron chi connectivity index (χ3n) is 7.52. The van der Waals surface area contributed by atoms with E-state index in [0.717, 1.165) is 25.7 Å². The zero-order chi connectivity index (χ0) is 28.2. The summed E-state index contributed by atoms with van der Waals surface area (Å²) >= 11 is 6.35. The monoisotopic (exact) mass is 575 g/mol. The van der Waals surface area contributed by atoms with Gasteiger partial charge in [0.2, 0.25) is 5.91 Å². The Morgan fingerprint density at radius 2 is 1.82 bits per heavy atom. The van der Waals surface area contributed by atoms with Crippen molar-refractivity contribution in [1.82, 2.24) is 10.6 Å². The van der Waals surface area contributed by atoms with E-state index in [1.54, 1.807) is 18.2 Å². The van der Waals surface area contributed by atoms with Crippen LogP contribution in [0, 0.1) is 5.41 Å². The number of sulfonamides is 1. The van der Waals surface area contributed by atoms with Crippen LogP contribution < -0.4 is 15.4 Å². The van der Waals surface area contributed by atoms with Gasteiger partial charge in [-0.2, -0.15) is 0 Å². The van der Waals surface area contributed by atoms with Crippen LogP contribution in [-0.2, 0) is 24.3 Å². The maximum absolute atomic E-state index is 13.4. The molecule has 0 bridgehead atoms. The Labute approximate surface area is 234 Å². The number of hydrogen-bond donors (Lipinski definition) is 3. The summed E-state index contributed by atoms with van der Waals surface area (Å²) in [5.41, 5.74) is 0.172. The predicted molar refractivity (Wildman–Crippen MR) is 148 cm³/mol. The Kier molecular flexibility index (Phi) is 8.98. The SMILES string of the molecule is CC[C@@H]1OCC(=O)[C@H]1NC(=O)[C@H](CC1(C)CCCC1)NC(=O)c1ccc(NS(=O)(=O)c2ccccc2)c(Cl)c1. The topological polar surface area (TPSA) is 131 Å². The van der Waals surface area contributed by atoms with Crippen molar-refractivity contribution in [2.75, 3.05) is 11.3 Å². The maximum Gasteiger partial charge on any atom is 0.261 e. The summed E-state index contributed by atoms with van der Waals surface area (Å²) in [7, 11) is -3.87. The Morgan fingerprint density at radius 1 is 1.13 bits per heavy atom. The number of carbonyl (C=O) groups excluding carboxylic acids is 3. The molecule has 9 nitrogen and oxygen atoms in total. The van der Waals surface area contributed by atoms with Crippen LogP contribution in [0.4, 0.5) is 5.69 Å². The fourth-order valence-corrected chi connectivity index (χ4v) is 6.67. The average molecular weight is 576 g/mol. The number of halogens is 1. The van der Waals surface area contributed by atoms with Crippen molar-refractivity contribution >= 4 is 44.9 Å². The number of anilines is 1. The summed E-state index contributed by atoms with van der Waals surface area (Å²) in [5.74, 6) is -1.15. The van der Waals surface area contributed by atoms with Gasteiger partial charge in [0, 0.05) is 5.56 Å². The first-order valence-electron chi connectivity index (χ1n) is 13.1. The lowest BCUT2D eigenvalue weighted by atomic mass is 9.81. The number of Topliss-reactive ketones (excluding diaryl/α,β-unsaturated/α-hetero) is 1. The number of hydrogen-bond acceptors (Lipinski definition) is 6. The van der Waals surface area contributed by atoms with Crippen molar-refractivity contribution in [3.8, 4) is 0 Å². The number of rotatable bonds is 10. The van der Waals surface area contributed by atoms with E-state index in [9.17, 15) is 22.8 Å². The van der Waals surface area contributed by atoms with Crippen LogP contribution in [-0.4, -0.2) is 50.8 Å². The smallest absolute Gasteiger partial charge is 0.261 e. The van der Waals surface area contributed by atoms with Crippen molar-refractivity contribution in [3.63, 3.8) is 0 Å². The number of carbonyl (C=O) groups is 3. The molecule has 0 radical (unpaired) electrons. The highest BCUT2D eigenvalue weighted by Crippen LogP contribution is 2.41. The summed E-state index contributed by atoms with van der Waals surface area (Å²) in [6.45, 7) is 3.95. The lowest BCUT2D eigenvalue weighted by Crippen LogP contribution is -2.54. The van der Waals surface area contributed by atoms with Crippen LogP contribution in [0.15, 0.2) is 53.4 Å². The molecule has 3 N–H and O–H groups in total. The van der Waals surface area contributed by atoms with Crippen LogP contribution in [0.2, 0.25) is 5.02 Å². The minimum Gasteiger partial charge on any atom is -0.368 e. The molecule has 0 aromatic heterocycles. The van der Waals surface area contributed by atoms with Gasteiger partial charge in [-0.15, -0.1) is 0 Å². The third kappa shape index (κ3) is 6.98. The van der Waals surface area contributed by atoms with Gasteiger partial charge in [0.15, 0.2) is 5.78 Å². The molecule has 1 aliphatic carbocycles. The molecule has 4 rings (SSSR count). The average Bonchev–Trinajstić information content (AvgIpc) is 3.50. The third-order valence-corrected chi connectivity index (χ3v) is 9.21. The minimum absolute atomic E-state index is 0.0328. The summed E-state index contributed by atoms with van der Waals surface area (Å²) in [4.78, 5) is 39.0. The molecule has 39 heavy (non-hydrogen) atoms. The molecular weight excluding hydrogens is 542 g/mol. The fourth-order valence-electron chi connectivity index (χ4n) is 5.28. The first kappa shape index (κ1) is 29.0. The van der Waals surface area contributed by atoms with Crippen molar-refractivity contribution in [1.29, 1.82) is 0 Å². The van der Waals surface area contributed by atoms with Gasteiger partial charge in [-0.1, -0.05) is 56.5 Å². The van der Waals surface area contributed by atoms with E-state index in [1.165, 1.54) is 30.3 Å². The molecule has 210 valence electrons. The summed E-state index contributed by atoms with van der Waals surface area (Å²) in [5, 5.41) is 5.67. The van der Waals surface area contributed by atoms with Gasteiger partial charge in [0.05, 0.1) is 21.7 Å². The molecule has 11 heteroatoms. The first-order valence-corrected chi connectivity index (χ1v) is 15.0. The van der Waals surface area contributed by atoms with E-state index in [2.05, 4.69) is 22.3 Å². The van der Waals surface area contributed by atoms with Crippen molar-refractivity contribution in [3.05, 3.63) is 59.1 Å². The number of ether oxygens (including phenoxy) is 1. The van der Waals surface area contributed by atoms with Gasteiger partial charge >= 0.3 is 0 Å². The largest absolute Gasteiger partial charge is 0.368 e. The highest BCUT2D eigenvalue weighted by atomic mass is 35.5. The molecule has 2 aliphatic rings. The molecule has 1 heterocycles. The molecule has 1 aliphatic heterocycles. The molecule has 2 amide bonds. The van der Waals surface area contributed by atoms with Crippen LogP contribution >= 0.6 is 11.6 Å². The van der Waals surface area contributed by atoms with Gasteiger partial charge in [0.25, 0.3) is 15.9 Å². The van der Waals surface area contributed by atoms with Crippen LogP contribution in [0.1, 0.15) is 62.7 Å². The summed E-state index contributed by atoms with van der Waals surface area (Å²) in [6.07, 6.45) is 4.60. The van der Waals surface area contributed by atoms with Crippen LogP contribution in [0.3, 0.4) is 0 Å². The van der Waals surface area contributed by atoms with E-state index >= 15 is 0 Å². The Hall–Kier alpha value is -2.95. The minimum atomic E-state index is -3.87. The Bertz CT molecular complexity index is 1330.